The summed E-state index contributed by atoms with van der Waals surface area (Å²) in [7, 11) is -3.55. The Morgan fingerprint density at radius 2 is 1.83 bits per heavy atom. The van der Waals surface area contributed by atoms with Gasteiger partial charge in [0.2, 0.25) is 10.0 Å². The molecule has 0 saturated carbocycles. The molecule has 1 saturated heterocycles. The van der Waals surface area contributed by atoms with Crippen LogP contribution in [-0.4, -0.2) is 60.6 Å². The van der Waals surface area contributed by atoms with Crippen molar-refractivity contribution in [2.45, 2.75) is 4.90 Å². The average Bonchev–Trinajstić information content (AvgIpc) is 2.72. The molecular formula is C18H20N4O5S2. The normalized spacial score (nSPS) is 15.3. The number of benzene rings is 2. The van der Waals surface area contributed by atoms with E-state index in [1.165, 1.54) is 28.7 Å². The molecule has 1 aliphatic rings. The molecule has 2 aromatic rings. The quantitative estimate of drug-likeness (QED) is 0.240. The summed E-state index contributed by atoms with van der Waals surface area (Å²) in [5.74, 6) is -0.532. The van der Waals surface area contributed by atoms with Crippen molar-refractivity contribution in [1.82, 2.24) is 9.73 Å². The molecule has 11 heteroatoms. The molecule has 0 bridgehead atoms. The smallest absolute Gasteiger partial charge is 0.243 e. The number of anilines is 1. The maximum atomic E-state index is 12.6. The van der Waals surface area contributed by atoms with Crippen LogP contribution in [0.5, 0.6) is 11.5 Å². The van der Waals surface area contributed by atoms with Crippen molar-refractivity contribution in [1.29, 1.82) is 0 Å². The van der Waals surface area contributed by atoms with E-state index in [0.717, 1.165) is 0 Å². The summed E-state index contributed by atoms with van der Waals surface area (Å²) in [5.41, 5.74) is 3.48. The Balaban J connectivity index is 1.58. The number of phenolic OH excluding ortho intramolecular Hbond substituents is 2. The molecule has 154 valence electrons. The van der Waals surface area contributed by atoms with Gasteiger partial charge in [0.05, 0.1) is 24.3 Å². The lowest BCUT2D eigenvalue weighted by Gasteiger charge is -2.26. The number of aromatic hydroxyl groups is 2. The van der Waals surface area contributed by atoms with Crippen LogP contribution in [0.15, 0.2) is 52.5 Å². The number of hydrogen-bond acceptors (Lipinski definition) is 7. The molecule has 29 heavy (non-hydrogen) atoms. The molecule has 0 radical (unpaired) electrons. The number of thiocarbonyl (C=S) groups is 1. The molecule has 1 fully saturated rings. The molecular weight excluding hydrogens is 416 g/mol. The number of phenols is 2. The number of nitrogens with zero attached hydrogens (tertiary/aromatic N) is 2. The van der Waals surface area contributed by atoms with E-state index >= 15 is 0 Å². The van der Waals surface area contributed by atoms with Crippen molar-refractivity contribution in [2.24, 2.45) is 5.10 Å². The minimum Gasteiger partial charge on any atom is -0.504 e. The largest absolute Gasteiger partial charge is 0.504 e. The fourth-order valence-corrected chi connectivity index (χ4v) is 4.20. The second kappa shape index (κ2) is 9.18. The summed E-state index contributed by atoms with van der Waals surface area (Å²) in [6.07, 6.45) is 1.31. The first-order valence-corrected chi connectivity index (χ1v) is 10.5. The molecule has 0 aromatic heterocycles. The van der Waals surface area contributed by atoms with Crippen molar-refractivity contribution in [3.63, 3.8) is 0 Å². The van der Waals surface area contributed by atoms with Gasteiger partial charge in [0.15, 0.2) is 16.6 Å². The third kappa shape index (κ3) is 5.21. The van der Waals surface area contributed by atoms with Gasteiger partial charge in [-0.1, -0.05) is 6.07 Å². The molecule has 0 aliphatic carbocycles. The Morgan fingerprint density at radius 3 is 2.52 bits per heavy atom. The first-order chi connectivity index (χ1) is 13.9. The summed E-state index contributed by atoms with van der Waals surface area (Å²) >= 11 is 5.13. The average molecular weight is 437 g/mol. The SMILES string of the molecule is O=S(=O)(c1ccc(NC(=S)N/N=C/c2cccc(O)c2O)cc1)N1CCOCC1. The van der Waals surface area contributed by atoms with Crippen LogP contribution in [0.25, 0.3) is 0 Å². The second-order valence-electron chi connectivity index (χ2n) is 6.08. The van der Waals surface area contributed by atoms with Crippen molar-refractivity contribution in [3.8, 4) is 11.5 Å². The summed E-state index contributed by atoms with van der Waals surface area (Å²) in [5, 5.41) is 26.1. The molecule has 1 aliphatic heterocycles. The first-order valence-electron chi connectivity index (χ1n) is 8.67. The minimum absolute atomic E-state index is 0.171. The van der Waals surface area contributed by atoms with Crippen LogP contribution in [0, 0.1) is 0 Å². The van der Waals surface area contributed by atoms with Crippen molar-refractivity contribution < 1.29 is 23.4 Å². The highest BCUT2D eigenvalue weighted by molar-refractivity contribution is 7.89. The van der Waals surface area contributed by atoms with Crippen molar-refractivity contribution >= 4 is 39.3 Å². The summed E-state index contributed by atoms with van der Waals surface area (Å²) in [4.78, 5) is 0.196. The van der Waals surface area contributed by atoms with Gasteiger partial charge < -0.3 is 20.3 Å². The van der Waals surface area contributed by atoms with Gasteiger partial charge in [-0.2, -0.15) is 9.41 Å². The maximum Gasteiger partial charge on any atom is 0.243 e. The summed E-state index contributed by atoms with van der Waals surface area (Å²) in [6.45, 7) is 1.45. The Labute approximate surface area is 173 Å². The topological polar surface area (TPSA) is 123 Å². The van der Waals surface area contributed by atoms with E-state index in [-0.39, 0.29) is 21.5 Å². The number of hydrogen-bond donors (Lipinski definition) is 4. The molecule has 0 unspecified atom stereocenters. The van der Waals surface area contributed by atoms with E-state index in [9.17, 15) is 18.6 Å². The molecule has 3 rings (SSSR count). The van der Waals surface area contributed by atoms with Crippen LogP contribution in [0.4, 0.5) is 5.69 Å². The van der Waals surface area contributed by atoms with Crippen LogP contribution in [0.3, 0.4) is 0 Å². The van der Waals surface area contributed by atoms with E-state index in [0.29, 0.717) is 37.6 Å². The molecule has 9 nitrogen and oxygen atoms in total. The Hall–Kier alpha value is -2.73. The van der Waals surface area contributed by atoms with E-state index in [1.807, 2.05) is 0 Å². The van der Waals surface area contributed by atoms with Crippen LogP contribution >= 0.6 is 12.2 Å². The predicted molar refractivity (Wildman–Crippen MR) is 113 cm³/mol. The lowest BCUT2D eigenvalue weighted by atomic mass is 10.2. The maximum absolute atomic E-state index is 12.6. The van der Waals surface area contributed by atoms with Gasteiger partial charge in [0.1, 0.15) is 0 Å². The molecule has 4 N–H and O–H groups in total. The third-order valence-corrected chi connectivity index (χ3v) is 6.24. The van der Waals surface area contributed by atoms with E-state index in [2.05, 4.69) is 15.8 Å². The van der Waals surface area contributed by atoms with Crippen LogP contribution in [0.1, 0.15) is 5.56 Å². The number of sulfonamides is 1. The van der Waals surface area contributed by atoms with Gasteiger partial charge in [0, 0.05) is 24.3 Å². The minimum atomic E-state index is -3.55. The first kappa shape index (κ1) is 21.0. The van der Waals surface area contributed by atoms with Crippen LogP contribution in [-0.2, 0) is 14.8 Å². The molecule has 0 spiro atoms. The molecule has 0 atom stereocenters. The van der Waals surface area contributed by atoms with Crippen molar-refractivity contribution in [2.75, 3.05) is 31.6 Å². The Kier molecular flexibility index (Phi) is 6.64. The van der Waals surface area contributed by atoms with E-state index in [1.54, 1.807) is 24.3 Å². The zero-order valence-electron chi connectivity index (χ0n) is 15.3. The fourth-order valence-electron chi connectivity index (χ4n) is 2.62. The van der Waals surface area contributed by atoms with Crippen LogP contribution < -0.4 is 10.7 Å². The van der Waals surface area contributed by atoms with Gasteiger partial charge in [-0.3, -0.25) is 5.43 Å². The zero-order valence-corrected chi connectivity index (χ0v) is 16.9. The molecule has 0 amide bonds. The number of para-hydroxylation sites is 1. The predicted octanol–water partition coefficient (Wildman–Crippen LogP) is 1.44. The highest BCUT2D eigenvalue weighted by atomic mass is 32.2. The lowest BCUT2D eigenvalue weighted by molar-refractivity contribution is 0.0730. The number of nitrogens with one attached hydrogen (secondary N) is 2. The van der Waals surface area contributed by atoms with Gasteiger partial charge in [-0.25, -0.2) is 8.42 Å². The molecule has 1 heterocycles. The van der Waals surface area contributed by atoms with E-state index in [4.69, 9.17) is 17.0 Å². The standard InChI is InChI=1S/C18H20N4O5S2/c23-16-3-1-2-13(17(16)24)12-19-21-18(28)20-14-4-6-15(7-5-14)29(25,26)22-8-10-27-11-9-22/h1-7,12,23-24H,8-11H2,(H2,20,21,28)/b19-12+. The highest BCUT2D eigenvalue weighted by Gasteiger charge is 2.26. The molecule has 2 aromatic carbocycles. The zero-order chi connectivity index (χ0) is 20.9. The number of rotatable bonds is 5. The van der Waals surface area contributed by atoms with Gasteiger partial charge in [-0.15, -0.1) is 0 Å². The summed E-state index contributed by atoms with van der Waals surface area (Å²) < 4.78 is 31.8. The highest BCUT2D eigenvalue weighted by Crippen LogP contribution is 2.26. The van der Waals surface area contributed by atoms with Gasteiger partial charge in [0.25, 0.3) is 0 Å². The monoisotopic (exact) mass is 436 g/mol. The van der Waals surface area contributed by atoms with E-state index < -0.39 is 10.0 Å². The van der Waals surface area contributed by atoms with Crippen molar-refractivity contribution in [3.05, 3.63) is 48.0 Å². The number of morpholine rings is 1. The lowest BCUT2D eigenvalue weighted by Crippen LogP contribution is -2.40. The second-order valence-corrected chi connectivity index (χ2v) is 8.43. The van der Waals surface area contributed by atoms with Gasteiger partial charge >= 0.3 is 0 Å². The summed E-state index contributed by atoms with van der Waals surface area (Å²) in [6, 6.07) is 10.7. The van der Waals surface area contributed by atoms with Gasteiger partial charge in [-0.05, 0) is 48.6 Å². The van der Waals surface area contributed by atoms with Crippen LogP contribution in [0.2, 0.25) is 0 Å². The Morgan fingerprint density at radius 1 is 1.14 bits per heavy atom. The third-order valence-electron chi connectivity index (χ3n) is 4.14. The number of hydrazone groups is 1. The fraction of sp³-hybridized carbons (Fsp3) is 0.222. The Bertz CT molecular complexity index is 1000. The number of ether oxygens (including phenoxy) is 1.